The van der Waals surface area contributed by atoms with Gasteiger partial charge in [0.15, 0.2) is 94.6 Å². The molecule has 6 aliphatic carbocycles. The summed E-state index contributed by atoms with van der Waals surface area (Å²) in [4.78, 5) is 166. The van der Waals surface area contributed by atoms with E-state index in [4.69, 9.17) is 61.6 Å². The quantitative estimate of drug-likeness (QED) is 0.0405. The predicted molar refractivity (Wildman–Crippen MR) is 434 cm³/mol. The fourth-order valence-electron chi connectivity index (χ4n) is 20.5. The number of Topliss-reactive ketones (excluding diaryl/α,β-unsaturated/α-hetero) is 3. The number of aliphatic hydroxyl groups is 4. The molecule has 6 bridgehead atoms. The molecule has 3 saturated heterocycles. The molecular formula is C89H110N6O30. The Kier molecular flexibility index (Phi) is 25.8. The van der Waals surface area contributed by atoms with E-state index in [0.717, 1.165) is 46.8 Å². The van der Waals surface area contributed by atoms with Gasteiger partial charge in [-0.15, -0.1) is 0 Å². The number of rotatable bonds is 28. The third-order valence-corrected chi connectivity index (χ3v) is 27.4. The van der Waals surface area contributed by atoms with Gasteiger partial charge in [-0.05, 0) is 195 Å². The van der Waals surface area contributed by atoms with Crippen LogP contribution in [-0.4, -0.2) is 276 Å². The first-order valence-corrected chi connectivity index (χ1v) is 42.0. The van der Waals surface area contributed by atoms with Crippen molar-refractivity contribution in [1.82, 2.24) is 30.7 Å². The highest BCUT2D eigenvalue weighted by Gasteiger charge is 2.76. The molecule has 7 N–H and O–H groups in total. The molecular weight excluding hydrogens is 1630 g/mol. The molecule has 0 radical (unpaired) electrons. The van der Waals surface area contributed by atoms with Crippen LogP contribution in [0.25, 0.3) is 0 Å². The number of nitrogens with zero attached hydrogens (tertiary/aromatic N) is 3. The van der Waals surface area contributed by atoms with Crippen molar-refractivity contribution < 1.29 is 144 Å². The van der Waals surface area contributed by atoms with Crippen LogP contribution >= 0.6 is 0 Å². The highest BCUT2D eigenvalue weighted by Crippen LogP contribution is 2.69. The smallest absolute Gasteiger partial charge is 0.348 e. The van der Waals surface area contributed by atoms with Crippen LogP contribution in [0.1, 0.15) is 167 Å². The molecule has 3 aromatic rings. The monoisotopic (exact) mass is 1740 g/mol. The number of piperidine rings is 3. The van der Waals surface area contributed by atoms with E-state index in [2.05, 4.69) is 30.7 Å². The molecule has 6 aliphatic heterocycles. The van der Waals surface area contributed by atoms with Gasteiger partial charge in [0.2, 0.25) is 6.10 Å². The third kappa shape index (κ3) is 15.9. The maximum absolute atomic E-state index is 13.3. The number of carbonyl (C=O) groups is 13. The van der Waals surface area contributed by atoms with Gasteiger partial charge in [0.1, 0.15) is 17.3 Å². The zero-order valence-electron chi connectivity index (χ0n) is 72.8. The topological polar surface area (TPSA) is 469 Å². The maximum Gasteiger partial charge on any atom is 0.348 e. The number of hydrogen-bond donors (Lipinski definition) is 7. The molecule has 36 nitrogen and oxygen atoms in total. The summed E-state index contributed by atoms with van der Waals surface area (Å²) in [5, 5.41) is 54.5. The van der Waals surface area contributed by atoms with Gasteiger partial charge >= 0.3 is 41.8 Å². The van der Waals surface area contributed by atoms with Crippen molar-refractivity contribution in [2.24, 2.45) is 0 Å². The largest absolute Gasteiger partial charge is 0.493 e. The van der Waals surface area contributed by atoms with Crippen molar-refractivity contribution in [3.8, 4) is 34.5 Å². The van der Waals surface area contributed by atoms with Gasteiger partial charge in [-0.25, -0.2) is 9.59 Å². The summed E-state index contributed by atoms with van der Waals surface area (Å²) in [5.74, 6) is -5.39. The van der Waals surface area contributed by atoms with Gasteiger partial charge < -0.3 is 113 Å². The average molecular weight is 1740 g/mol. The van der Waals surface area contributed by atoms with Crippen molar-refractivity contribution in [3.63, 3.8) is 0 Å². The Balaban J connectivity index is 0.000000161. The van der Waals surface area contributed by atoms with Crippen LogP contribution in [0.4, 0.5) is 0 Å². The maximum atomic E-state index is 13.3. The van der Waals surface area contributed by atoms with E-state index < -0.39 is 172 Å². The summed E-state index contributed by atoms with van der Waals surface area (Å²) in [6.07, 6.45) is -2.47. The molecule has 3 fully saturated rings. The zero-order chi connectivity index (χ0) is 91.0. The minimum atomic E-state index is -1.88. The number of ketones is 3. The van der Waals surface area contributed by atoms with E-state index in [-0.39, 0.29) is 79.1 Å². The summed E-state index contributed by atoms with van der Waals surface area (Å²) < 4.78 is 73.6. The Morgan fingerprint density at radius 3 is 1.10 bits per heavy atom. The van der Waals surface area contributed by atoms with Gasteiger partial charge in [0, 0.05) is 61.0 Å². The number of likely N-dealkylation sites (N-methyl/N-ethyl adjacent to an activating group) is 3. The van der Waals surface area contributed by atoms with Gasteiger partial charge in [-0.3, -0.25) is 52.7 Å². The molecule has 3 amide bonds. The van der Waals surface area contributed by atoms with Gasteiger partial charge in [0.05, 0.1) is 98.2 Å². The number of esters is 7. The van der Waals surface area contributed by atoms with Crippen molar-refractivity contribution in [2.75, 3.05) is 62.1 Å². The van der Waals surface area contributed by atoms with E-state index in [1.165, 1.54) is 76.5 Å². The van der Waals surface area contributed by atoms with Crippen LogP contribution in [-0.2, 0) is 131 Å². The zero-order valence-corrected chi connectivity index (χ0v) is 72.8. The SMILES string of the molecule is COc1ccc2c3c1O[C@H]1C(OC(=O)CCC(=O)O[C@@H](C)C(=O)N[C@@H](C)C(C)=O)=CC[C@@]4(O)[C@@H](C2)N(C)CC[C@]314.COc1ccc2c3c1O[C@H]1C(OC(=O)C[C@H](OC(C)=O)C(=O)O[C@@H](C)C(=O)N[C@@H](C)C(C)=O)=CC[C@@]4(O)[C@@H](C2)N(C)CC[C@]314.COc1ccc2c3c1O[C@H]1C(OC(=O)[C@@H](O)CC(=O)O[C@@H](C)C(=O)N[C@@H](C)C(C)=O)=CC[C@@]4(O)[C@@H](C2)N(C)CC[C@]314. The van der Waals surface area contributed by atoms with E-state index in [1.807, 2.05) is 57.5 Å². The minimum Gasteiger partial charge on any atom is -0.493 e. The van der Waals surface area contributed by atoms with Crippen LogP contribution in [0, 0.1) is 0 Å². The summed E-state index contributed by atoms with van der Waals surface area (Å²) in [7, 11) is 10.6. The average Bonchev–Trinajstić information content (AvgIpc) is 1.56. The van der Waals surface area contributed by atoms with Crippen molar-refractivity contribution in [3.05, 3.63) is 105 Å². The summed E-state index contributed by atoms with van der Waals surface area (Å²) in [6, 6.07) is 8.76. The van der Waals surface area contributed by atoms with Gasteiger partial charge in [-0.2, -0.15) is 0 Å². The molecule has 0 unspecified atom stereocenters. The molecule has 3 aromatic carbocycles. The minimum absolute atomic E-state index is 0.125. The lowest BCUT2D eigenvalue weighted by atomic mass is 9.50. The standard InChI is InChI=1S/C31H38N2O11.C29H36N2O10.C29H36N2O9/c1-15(16(2)34)32-28(37)17(3)41-29(38)22(42-18(4)35)14-24(36)43-21-9-10-31(39)23-13-19-7-8-20(40-6)26-25(19)30(31,27(21)44-26)11-12-33(23)5;1-14(15(2)32)30-26(35)16(3)39-22(34)13-18(33)27(36)40-20-8-9-29(37)21-12-17-6-7-19(38-5)24-23(17)28(29,25(20)41-24)10-11-31(21)4;1-15(16(2)32)30-27(35)17(3)38-22(33)8-9-23(34)39-20-10-11-29(36)21-14-18-6-7-19(37-5)25-24(18)28(29,26(20)40-25)12-13-31(21)4/h7-9,15,17,22-23,27,39H,10-14H2,1-6H3,(H,32,37);6-8,14,16,18,21,25,33,37H,9-13H2,1-5H3,(H,30,35);6-7,10,15,17,21,26,36H,8-9,11-14H2,1-5H3,(H,30,35)/t15-,17-,22-,23+,27-,30-,31+;14-,16-,18-,21+,25-,28-,29+;15-,17-,21+,26-,28-,29+/m000/s1. The van der Waals surface area contributed by atoms with Crippen molar-refractivity contribution in [2.45, 2.75) is 271 Å². The molecule has 125 heavy (non-hydrogen) atoms. The number of likely N-dealkylation sites (tertiary alicyclic amines) is 3. The lowest BCUT2D eigenvalue weighted by Crippen LogP contribution is -2.74. The van der Waals surface area contributed by atoms with Crippen molar-refractivity contribution in [1.29, 1.82) is 0 Å². The highest BCUT2D eigenvalue weighted by atomic mass is 16.6. The van der Waals surface area contributed by atoms with Gasteiger partial charge in [0.25, 0.3) is 17.7 Å². The fraction of sp³-hybridized carbons (Fsp3) is 0.584. The lowest BCUT2D eigenvalue weighted by Gasteiger charge is -2.61. The number of benzene rings is 3. The number of aliphatic hydroxyl groups excluding tert-OH is 1. The Morgan fingerprint density at radius 2 is 0.760 bits per heavy atom. The van der Waals surface area contributed by atoms with Crippen LogP contribution in [0.5, 0.6) is 34.5 Å². The number of amides is 3. The molecule has 20 atom stereocenters. The number of nitrogens with one attached hydrogen (secondary N) is 3. The molecule has 6 heterocycles. The molecule has 0 aromatic heterocycles. The van der Waals surface area contributed by atoms with E-state index in [1.54, 1.807) is 25.3 Å². The van der Waals surface area contributed by atoms with Crippen LogP contribution in [0.2, 0.25) is 0 Å². The lowest BCUT2D eigenvalue weighted by molar-refractivity contribution is -0.177. The molecule has 15 rings (SSSR count). The molecule has 3 spiro atoms. The van der Waals surface area contributed by atoms with Crippen molar-refractivity contribution >= 4 is 76.9 Å². The molecule has 36 heteroatoms. The normalized spacial score (nSPS) is 29.0. The Labute approximate surface area is 721 Å². The second kappa shape index (κ2) is 35.1. The second-order valence-electron chi connectivity index (χ2n) is 34.6. The van der Waals surface area contributed by atoms with Crippen LogP contribution in [0.15, 0.2) is 71.9 Å². The summed E-state index contributed by atoms with van der Waals surface area (Å²) >= 11 is 0. The van der Waals surface area contributed by atoms with E-state index >= 15 is 0 Å². The predicted octanol–water partition coefficient (Wildman–Crippen LogP) is 2.48. The third-order valence-electron chi connectivity index (χ3n) is 27.4. The number of methoxy groups -OCH3 is 3. The van der Waals surface area contributed by atoms with E-state index in [0.29, 0.717) is 91.9 Å². The second-order valence-corrected chi connectivity index (χ2v) is 34.6. The number of carbonyl (C=O) groups excluding carboxylic acids is 13. The first-order chi connectivity index (χ1) is 59.0. The number of hydrogen-bond acceptors (Lipinski definition) is 33. The number of ether oxygens (including phenoxy) is 13. The van der Waals surface area contributed by atoms with Gasteiger partial charge in [-0.1, -0.05) is 18.2 Å². The fourth-order valence-corrected chi connectivity index (χ4v) is 20.5. The van der Waals surface area contributed by atoms with Crippen LogP contribution in [0.3, 0.4) is 0 Å². The molecule has 676 valence electrons. The van der Waals surface area contributed by atoms with E-state index in [9.17, 15) is 82.8 Å². The summed E-state index contributed by atoms with van der Waals surface area (Å²) in [6.45, 7) is 15.6. The Morgan fingerprint density at radius 1 is 0.432 bits per heavy atom. The first-order valence-electron chi connectivity index (χ1n) is 42.0. The highest BCUT2D eigenvalue weighted by molar-refractivity contribution is 5.93. The Hall–Kier alpha value is -10.9. The first kappa shape index (κ1) is 91.8. The van der Waals surface area contributed by atoms with Crippen LogP contribution < -0.4 is 44.4 Å². The molecule has 12 aliphatic rings. The Bertz CT molecular complexity index is 5020. The molecule has 0 saturated carbocycles. The summed E-state index contributed by atoms with van der Waals surface area (Å²) in [5.41, 5.74) is -0.288.